The molecule has 0 bridgehead atoms. The van der Waals surface area contributed by atoms with Gasteiger partial charge in [-0.15, -0.1) is 0 Å². The SMILES string of the molecule is CCN(CC)S(=O)(=O)c1ccc(NC)c(NC(=O)CCN)c1. The number of nitrogens with zero attached hydrogens (tertiary/aromatic N) is 1. The molecule has 22 heavy (non-hydrogen) atoms. The van der Waals surface area contributed by atoms with Gasteiger partial charge in [-0.1, -0.05) is 13.8 Å². The van der Waals surface area contributed by atoms with Crippen LogP contribution in [0.2, 0.25) is 0 Å². The van der Waals surface area contributed by atoms with E-state index in [1.807, 2.05) is 0 Å². The quantitative estimate of drug-likeness (QED) is 0.661. The minimum Gasteiger partial charge on any atom is -0.386 e. The third-order valence-electron chi connectivity index (χ3n) is 3.25. The van der Waals surface area contributed by atoms with Gasteiger partial charge in [-0.25, -0.2) is 8.42 Å². The second-order valence-electron chi connectivity index (χ2n) is 4.63. The average Bonchev–Trinajstić information content (AvgIpc) is 2.48. The Labute approximate surface area is 131 Å². The second kappa shape index (κ2) is 8.11. The highest BCUT2D eigenvalue weighted by Crippen LogP contribution is 2.27. The van der Waals surface area contributed by atoms with Gasteiger partial charge in [0.2, 0.25) is 15.9 Å². The number of nitrogens with one attached hydrogen (secondary N) is 2. The molecular weight excluding hydrogens is 304 g/mol. The number of hydrogen-bond donors (Lipinski definition) is 3. The van der Waals surface area contributed by atoms with Crippen molar-refractivity contribution < 1.29 is 13.2 Å². The lowest BCUT2D eigenvalue weighted by Gasteiger charge is -2.20. The molecule has 0 aliphatic rings. The summed E-state index contributed by atoms with van der Waals surface area (Å²) >= 11 is 0. The fourth-order valence-corrected chi connectivity index (χ4v) is 3.55. The molecule has 0 aliphatic heterocycles. The number of carbonyl (C=O) groups is 1. The maximum absolute atomic E-state index is 12.5. The highest BCUT2D eigenvalue weighted by Gasteiger charge is 2.22. The molecule has 7 nitrogen and oxygen atoms in total. The Kier molecular flexibility index (Phi) is 6.79. The molecule has 0 aliphatic carbocycles. The Hall–Kier alpha value is -1.64. The van der Waals surface area contributed by atoms with Gasteiger partial charge in [0.1, 0.15) is 0 Å². The number of sulfonamides is 1. The van der Waals surface area contributed by atoms with E-state index in [0.29, 0.717) is 24.5 Å². The number of hydrogen-bond acceptors (Lipinski definition) is 5. The summed E-state index contributed by atoms with van der Waals surface area (Å²) in [6.07, 6.45) is 0.177. The van der Waals surface area contributed by atoms with Crippen LogP contribution < -0.4 is 16.4 Å². The molecule has 0 unspecified atom stereocenters. The first-order valence-electron chi connectivity index (χ1n) is 7.22. The van der Waals surface area contributed by atoms with Crippen molar-refractivity contribution in [2.45, 2.75) is 25.2 Å². The van der Waals surface area contributed by atoms with Gasteiger partial charge in [-0.3, -0.25) is 4.79 Å². The van der Waals surface area contributed by atoms with Gasteiger partial charge < -0.3 is 16.4 Å². The minimum absolute atomic E-state index is 0.151. The number of rotatable bonds is 8. The first kappa shape index (κ1) is 18.4. The number of benzene rings is 1. The van der Waals surface area contributed by atoms with Gasteiger partial charge in [0.05, 0.1) is 16.3 Å². The van der Waals surface area contributed by atoms with E-state index in [2.05, 4.69) is 10.6 Å². The summed E-state index contributed by atoms with van der Waals surface area (Å²) in [6, 6.07) is 4.63. The third kappa shape index (κ3) is 4.19. The fraction of sp³-hybridized carbons (Fsp3) is 0.500. The predicted molar refractivity (Wildman–Crippen MR) is 88.4 cm³/mol. The van der Waals surface area contributed by atoms with Crippen molar-refractivity contribution in [3.63, 3.8) is 0 Å². The molecule has 1 aromatic carbocycles. The van der Waals surface area contributed by atoms with E-state index in [1.165, 1.54) is 16.4 Å². The van der Waals surface area contributed by atoms with Crippen molar-refractivity contribution in [1.82, 2.24) is 4.31 Å². The molecule has 0 radical (unpaired) electrons. The Bertz CT molecular complexity index is 613. The van der Waals surface area contributed by atoms with Crippen molar-refractivity contribution >= 4 is 27.3 Å². The molecule has 0 saturated heterocycles. The van der Waals surface area contributed by atoms with Gasteiger partial charge in [-0.05, 0) is 18.2 Å². The zero-order valence-electron chi connectivity index (χ0n) is 13.2. The largest absolute Gasteiger partial charge is 0.386 e. The van der Waals surface area contributed by atoms with Crippen molar-refractivity contribution in [3.8, 4) is 0 Å². The Morgan fingerprint density at radius 1 is 1.23 bits per heavy atom. The molecular formula is C14H24N4O3S. The monoisotopic (exact) mass is 328 g/mol. The molecule has 0 heterocycles. The maximum atomic E-state index is 12.5. The standard InChI is InChI=1S/C14H24N4O3S/c1-4-18(5-2)22(20,21)11-6-7-12(16-3)13(10-11)17-14(19)8-9-15/h6-7,10,16H,4-5,8-9,15H2,1-3H3,(H,17,19). The highest BCUT2D eigenvalue weighted by molar-refractivity contribution is 7.89. The van der Waals surface area contributed by atoms with Crippen LogP contribution in [0.25, 0.3) is 0 Å². The molecule has 1 amide bonds. The van der Waals surface area contributed by atoms with Crippen LogP contribution in [0.15, 0.2) is 23.1 Å². The van der Waals surface area contributed by atoms with Crippen molar-refractivity contribution in [1.29, 1.82) is 0 Å². The van der Waals surface area contributed by atoms with Crippen LogP contribution in [0.5, 0.6) is 0 Å². The number of nitrogens with two attached hydrogens (primary N) is 1. The molecule has 124 valence electrons. The van der Waals surface area contributed by atoms with Gasteiger partial charge in [0, 0.05) is 33.1 Å². The van der Waals surface area contributed by atoms with E-state index in [0.717, 1.165) is 0 Å². The Morgan fingerprint density at radius 2 is 1.86 bits per heavy atom. The van der Waals surface area contributed by atoms with Crippen LogP contribution >= 0.6 is 0 Å². The molecule has 0 atom stereocenters. The normalized spacial score (nSPS) is 11.5. The molecule has 1 rings (SSSR count). The first-order chi connectivity index (χ1) is 10.4. The lowest BCUT2D eigenvalue weighted by Crippen LogP contribution is -2.30. The van der Waals surface area contributed by atoms with Crippen molar-refractivity contribution in [3.05, 3.63) is 18.2 Å². The van der Waals surface area contributed by atoms with E-state index in [4.69, 9.17) is 5.73 Å². The summed E-state index contributed by atoms with van der Waals surface area (Å²) in [5, 5.41) is 5.61. The molecule has 8 heteroatoms. The van der Waals surface area contributed by atoms with Crippen LogP contribution in [-0.2, 0) is 14.8 Å². The van der Waals surface area contributed by atoms with Gasteiger partial charge in [0.25, 0.3) is 0 Å². The van der Waals surface area contributed by atoms with E-state index in [1.54, 1.807) is 27.0 Å². The lowest BCUT2D eigenvalue weighted by molar-refractivity contribution is -0.116. The summed E-state index contributed by atoms with van der Waals surface area (Å²) < 4.78 is 26.4. The molecule has 4 N–H and O–H groups in total. The van der Waals surface area contributed by atoms with Crippen LogP contribution in [0.4, 0.5) is 11.4 Å². The molecule has 0 spiro atoms. The zero-order chi connectivity index (χ0) is 16.8. The summed E-state index contributed by atoms with van der Waals surface area (Å²) in [6.45, 7) is 4.58. The second-order valence-corrected chi connectivity index (χ2v) is 6.57. The van der Waals surface area contributed by atoms with Crippen molar-refractivity contribution in [2.24, 2.45) is 5.73 Å². The van der Waals surface area contributed by atoms with E-state index >= 15 is 0 Å². The van der Waals surface area contributed by atoms with Crippen molar-refractivity contribution in [2.75, 3.05) is 37.3 Å². The molecule has 0 fully saturated rings. The number of amides is 1. The number of carbonyl (C=O) groups excluding carboxylic acids is 1. The van der Waals surface area contributed by atoms with Crippen LogP contribution in [-0.4, -0.2) is 45.3 Å². The fourth-order valence-electron chi connectivity index (χ4n) is 2.06. The topological polar surface area (TPSA) is 105 Å². The summed E-state index contributed by atoms with van der Waals surface area (Å²) in [5.74, 6) is -0.253. The van der Waals surface area contributed by atoms with Crippen LogP contribution in [0.1, 0.15) is 20.3 Å². The zero-order valence-corrected chi connectivity index (χ0v) is 14.0. The highest BCUT2D eigenvalue weighted by atomic mass is 32.2. The van der Waals surface area contributed by atoms with E-state index in [9.17, 15) is 13.2 Å². The van der Waals surface area contributed by atoms with E-state index in [-0.39, 0.29) is 23.8 Å². The van der Waals surface area contributed by atoms with Gasteiger partial charge in [0.15, 0.2) is 0 Å². The summed E-state index contributed by atoms with van der Waals surface area (Å²) in [5.41, 5.74) is 6.42. The average molecular weight is 328 g/mol. The molecule has 1 aromatic rings. The maximum Gasteiger partial charge on any atom is 0.243 e. The Morgan fingerprint density at radius 3 is 2.36 bits per heavy atom. The first-order valence-corrected chi connectivity index (χ1v) is 8.66. The lowest BCUT2D eigenvalue weighted by atomic mass is 10.2. The molecule has 0 aromatic heterocycles. The van der Waals surface area contributed by atoms with Crippen LogP contribution in [0.3, 0.4) is 0 Å². The van der Waals surface area contributed by atoms with Gasteiger partial charge >= 0.3 is 0 Å². The van der Waals surface area contributed by atoms with Crippen LogP contribution in [0, 0.1) is 0 Å². The van der Waals surface area contributed by atoms with Gasteiger partial charge in [-0.2, -0.15) is 4.31 Å². The predicted octanol–water partition coefficient (Wildman–Crippen LogP) is 1.05. The number of anilines is 2. The summed E-state index contributed by atoms with van der Waals surface area (Å²) in [7, 11) is -1.87. The Balaban J connectivity index is 3.22. The minimum atomic E-state index is -3.57. The van der Waals surface area contributed by atoms with E-state index < -0.39 is 10.0 Å². The molecule has 0 saturated carbocycles. The summed E-state index contributed by atoms with van der Waals surface area (Å²) in [4.78, 5) is 11.9. The third-order valence-corrected chi connectivity index (χ3v) is 5.29. The smallest absolute Gasteiger partial charge is 0.243 e.